The molecule has 2 rings (SSSR count). The molecule has 5 heteroatoms. The Morgan fingerprint density at radius 3 is 2.76 bits per heavy atom. The lowest BCUT2D eigenvalue weighted by Gasteiger charge is -2.24. The number of nitrogens with zero attached hydrogens (tertiary/aromatic N) is 2. The van der Waals surface area contributed by atoms with Crippen LogP contribution in [0.25, 0.3) is 0 Å². The molecule has 1 aliphatic rings. The molecule has 1 aromatic heterocycles. The van der Waals surface area contributed by atoms with Crippen molar-refractivity contribution in [3.05, 3.63) is 12.0 Å². The lowest BCUT2D eigenvalue weighted by Crippen LogP contribution is -2.24. The first-order valence-electron chi connectivity index (χ1n) is 6.07. The van der Waals surface area contributed by atoms with Crippen LogP contribution in [-0.4, -0.2) is 23.6 Å². The van der Waals surface area contributed by atoms with Gasteiger partial charge in [-0.3, -0.25) is 0 Å². The first-order chi connectivity index (χ1) is 8.13. The Labute approximate surface area is 101 Å². The third-order valence-electron chi connectivity index (χ3n) is 3.46. The molecule has 2 N–H and O–H groups in total. The van der Waals surface area contributed by atoms with Gasteiger partial charge in [0.05, 0.1) is 6.20 Å². The molecule has 1 saturated carbocycles. The number of hydrogen-bond donors (Lipinski definition) is 2. The van der Waals surface area contributed by atoms with Crippen molar-refractivity contribution in [3.8, 4) is 0 Å². The maximum absolute atomic E-state index is 13.5. The Hall–Kier alpha value is -1.39. The van der Waals surface area contributed by atoms with Crippen LogP contribution < -0.4 is 10.6 Å². The van der Waals surface area contributed by atoms with Crippen LogP contribution in [-0.2, 0) is 0 Å². The molecule has 0 aliphatic heterocycles. The van der Waals surface area contributed by atoms with E-state index in [9.17, 15) is 4.39 Å². The largest absolute Gasteiger partial charge is 0.367 e. The number of aromatic nitrogens is 2. The summed E-state index contributed by atoms with van der Waals surface area (Å²) in [6.45, 7) is 3.01. The van der Waals surface area contributed by atoms with Crippen LogP contribution in [0.5, 0.6) is 0 Å². The molecule has 94 valence electrons. The van der Waals surface area contributed by atoms with E-state index in [0.717, 1.165) is 6.54 Å². The predicted octanol–water partition coefficient (Wildman–Crippen LogP) is 2.65. The van der Waals surface area contributed by atoms with Gasteiger partial charge in [0.25, 0.3) is 0 Å². The Kier molecular flexibility index (Phi) is 3.45. The minimum absolute atomic E-state index is 0.275. The molecule has 1 heterocycles. The van der Waals surface area contributed by atoms with E-state index in [0.29, 0.717) is 5.95 Å². The zero-order chi connectivity index (χ0) is 12.3. The molecular weight excluding hydrogens is 219 g/mol. The molecule has 0 amide bonds. The van der Waals surface area contributed by atoms with Crippen molar-refractivity contribution in [2.45, 2.75) is 32.6 Å². The molecule has 0 atom stereocenters. The van der Waals surface area contributed by atoms with E-state index < -0.39 is 5.82 Å². The molecule has 0 saturated heterocycles. The topological polar surface area (TPSA) is 49.8 Å². The van der Waals surface area contributed by atoms with Crippen LogP contribution in [0, 0.1) is 11.2 Å². The van der Waals surface area contributed by atoms with Gasteiger partial charge in [-0.25, -0.2) is 9.37 Å². The van der Waals surface area contributed by atoms with E-state index in [1.165, 1.54) is 31.9 Å². The highest BCUT2D eigenvalue weighted by Crippen LogP contribution is 2.37. The second-order valence-electron chi connectivity index (χ2n) is 5.01. The van der Waals surface area contributed by atoms with Gasteiger partial charge < -0.3 is 10.6 Å². The third kappa shape index (κ3) is 2.84. The van der Waals surface area contributed by atoms with Gasteiger partial charge in [0.2, 0.25) is 5.95 Å². The fourth-order valence-electron chi connectivity index (χ4n) is 2.31. The zero-order valence-electron chi connectivity index (χ0n) is 10.4. The quantitative estimate of drug-likeness (QED) is 0.846. The highest BCUT2D eigenvalue weighted by Gasteiger charge is 2.28. The van der Waals surface area contributed by atoms with E-state index in [1.54, 1.807) is 7.05 Å². The molecule has 1 fully saturated rings. The van der Waals surface area contributed by atoms with Gasteiger partial charge >= 0.3 is 0 Å². The maximum Gasteiger partial charge on any atom is 0.224 e. The normalized spacial score (nSPS) is 18.1. The molecule has 4 nitrogen and oxygen atoms in total. The second kappa shape index (κ2) is 4.85. The summed E-state index contributed by atoms with van der Waals surface area (Å²) < 4.78 is 13.5. The molecule has 1 aliphatic carbocycles. The summed E-state index contributed by atoms with van der Waals surface area (Å²) in [7, 11) is 1.72. The van der Waals surface area contributed by atoms with Gasteiger partial charge in [0, 0.05) is 13.6 Å². The first kappa shape index (κ1) is 12.1. The highest BCUT2D eigenvalue weighted by atomic mass is 19.1. The maximum atomic E-state index is 13.5. The van der Waals surface area contributed by atoms with Gasteiger partial charge in [-0.15, -0.1) is 0 Å². The standard InChI is InChI=1S/C12H19FN4/c1-12(5-3-4-6-12)8-16-10-9(13)7-15-11(14-2)17-10/h7H,3-6,8H2,1-2H3,(H2,14,15,16,17). The molecule has 0 unspecified atom stereocenters. The summed E-state index contributed by atoms with van der Waals surface area (Å²) >= 11 is 0. The summed E-state index contributed by atoms with van der Waals surface area (Å²) in [5.41, 5.74) is 0.275. The van der Waals surface area contributed by atoms with Crippen molar-refractivity contribution < 1.29 is 4.39 Å². The van der Waals surface area contributed by atoms with Gasteiger partial charge in [0.1, 0.15) is 0 Å². The Bertz CT molecular complexity index is 388. The van der Waals surface area contributed by atoms with Crippen molar-refractivity contribution in [3.63, 3.8) is 0 Å². The summed E-state index contributed by atoms with van der Waals surface area (Å²) in [4.78, 5) is 7.89. The summed E-state index contributed by atoms with van der Waals surface area (Å²) in [6, 6.07) is 0. The number of halogens is 1. The van der Waals surface area contributed by atoms with Gasteiger partial charge in [-0.2, -0.15) is 4.98 Å². The van der Waals surface area contributed by atoms with E-state index in [-0.39, 0.29) is 11.2 Å². The van der Waals surface area contributed by atoms with Crippen LogP contribution in [0.1, 0.15) is 32.6 Å². The third-order valence-corrected chi connectivity index (χ3v) is 3.46. The summed E-state index contributed by atoms with van der Waals surface area (Å²) in [5.74, 6) is 0.327. The number of nitrogens with one attached hydrogen (secondary N) is 2. The monoisotopic (exact) mass is 238 g/mol. The van der Waals surface area contributed by atoms with E-state index in [1.807, 2.05) is 0 Å². The fraction of sp³-hybridized carbons (Fsp3) is 0.667. The molecular formula is C12H19FN4. The molecule has 0 spiro atoms. The van der Waals surface area contributed by atoms with Crippen LogP contribution in [0.3, 0.4) is 0 Å². The first-order valence-corrected chi connectivity index (χ1v) is 6.07. The Balaban J connectivity index is 2.02. The number of anilines is 2. The lowest BCUT2D eigenvalue weighted by molar-refractivity contribution is 0.361. The van der Waals surface area contributed by atoms with Gasteiger partial charge in [0.15, 0.2) is 11.6 Å². The van der Waals surface area contributed by atoms with Crippen molar-refractivity contribution >= 4 is 11.8 Å². The molecule has 0 bridgehead atoms. The van der Waals surface area contributed by atoms with E-state index >= 15 is 0 Å². The Morgan fingerprint density at radius 2 is 2.12 bits per heavy atom. The zero-order valence-corrected chi connectivity index (χ0v) is 10.4. The average Bonchev–Trinajstić information content (AvgIpc) is 2.76. The summed E-state index contributed by atoms with van der Waals surface area (Å²) in [5, 5.41) is 5.91. The van der Waals surface area contributed by atoms with Gasteiger partial charge in [-0.1, -0.05) is 19.8 Å². The lowest BCUT2D eigenvalue weighted by atomic mass is 9.89. The van der Waals surface area contributed by atoms with Crippen LogP contribution in [0.2, 0.25) is 0 Å². The predicted molar refractivity (Wildman–Crippen MR) is 66.6 cm³/mol. The van der Waals surface area contributed by atoms with E-state index in [2.05, 4.69) is 27.5 Å². The Morgan fingerprint density at radius 1 is 1.41 bits per heavy atom. The van der Waals surface area contributed by atoms with Crippen LogP contribution in [0.4, 0.5) is 16.2 Å². The summed E-state index contributed by atoms with van der Waals surface area (Å²) in [6.07, 6.45) is 6.13. The fourth-order valence-corrected chi connectivity index (χ4v) is 2.31. The van der Waals surface area contributed by atoms with Gasteiger partial charge in [-0.05, 0) is 18.3 Å². The SMILES string of the molecule is CNc1ncc(F)c(NCC2(C)CCCC2)n1. The molecule has 17 heavy (non-hydrogen) atoms. The molecule has 0 aromatic carbocycles. The smallest absolute Gasteiger partial charge is 0.224 e. The van der Waals surface area contributed by atoms with Crippen molar-refractivity contribution in [1.29, 1.82) is 0 Å². The average molecular weight is 238 g/mol. The molecule has 0 radical (unpaired) electrons. The second-order valence-corrected chi connectivity index (χ2v) is 5.01. The van der Waals surface area contributed by atoms with Crippen LogP contribution >= 0.6 is 0 Å². The van der Waals surface area contributed by atoms with E-state index in [4.69, 9.17) is 0 Å². The number of rotatable bonds is 4. The number of hydrogen-bond acceptors (Lipinski definition) is 4. The minimum Gasteiger partial charge on any atom is -0.367 e. The molecule has 1 aromatic rings. The highest BCUT2D eigenvalue weighted by molar-refractivity contribution is 5.40. The van der Waals surface area contributed by atoms with Crippen molar-refractivity contribution in [2.75, 3.05) is 24.2 Å². The van der Waals surface area contributed by atoms with Crippen molar-refractivity contribution in [1.82, 2.24) is 9.97 Å². The van der Waals surface area contributed by atoms with Crippen LogP contribution in [0.15, 0.2) is 6.20 Å². The minimum atomic E-state index is -0.398. The van der Waals surface area contributed by atoms with Crippen molar-refractivity contribution in [2.24, 2.45) is 5.41 Å².